The van der Waals surface area contributed by atoms with Gasteiger partial charge in [-0.3, -0.25) is 14.8 Å². The SMILES string of the molecule is CCc1ccc(-c2ccc(C(=O)N[C@@H](CN(CC)CC)C(=O)NO)cc2)cc1. The first-order valence-corrected chi connectivity index (χ1v) is 9.68. The van der Waals surface area contributed by atoms with E-state index < -0.39 is 11.9 Å². The van der Waals surface area contributed by atoms with E-state index in [1.807, 2.05) is 30.9 Å². The summed E-state index contributed by atoms with van der Waals surface area (Å²) in [5.41, 5.74) is 5.48. The normalized spacial score (nSPS) is 11.9. The molecule has 2 rings (SSSR count). The second-order valence-corrected chi connectivity index (χ2v) is 6.62. The third kappa shape index (κ3) is 5.65. The third-order valence-corrected chi connectivity index (χ3v) is 4.91. The Morgan fingerprint density at radius 1 is 0.929 bits per heavy atom. The highest BCUT2D eigenvalue weighted by molar-refractivity contribution is 5.97. The van der Waals surface area contributed by atoms with Gasteiger partial charge in [0.2, 0.25) is 0 Å². The van der Waals surface area contributed by atoms with Crippen LogP contribution in [0, 0.1) is 0 Å². The first-order chi connectivity index (χ1) is 13.5. The smallest absolute Gasteiger partial charge is 0.267 e. The Morgan fingerprint density at radius 2 is 1.46 bits per heavy atom. The van der Waals surface area contributed by atoms with Crippen molar-refractivity contribution in [2.45, 2.75) is 33.2 Å². The van der Waals surface area contributed by atoms with Crippen LogP contribution in [0.15, 0.2) is 48.5 Å². The molecular formula is C22H29N3O3. The molecule has 2 aromatic rings. The van der Waals surface area contributed by atoms with Crippen LogP contribution < -0.4 is 10.8 Å². The van der Waals surface area contributed by atoms with Gasteiger partial charge in [0.25, 0.3) is 11.8 Å². The van der Waals surface area contributed by atoms with E-state index in [0.29, 0.717) is 12.1 Å². The fraction of sp³-hybridized carbons (Fsp3) is 0.364. The van der Waals surface area contributed by atoms with E-state index in [0.717, 1.165) is 30.6 Å². The molecule has 0 unspecified atom stereocenters. The van der Waals surface area contributed by atoms with E-state index in [1.54, 1.807) is 17.6 Å². The Balaban J connectivity index is 2.10. The van der Waals surface area contributed by atoms with Gasteiger partial charge in [-0.2, -0.15) is 0 Å². The molecule has 1 atom stereocenters. The quantitative estimate of drug-likeness (QED) is 0.459. The van der Waals surface area contributed by atoms with Crippen molar-refractivity contribution in [1.29, 1.82) is 0 Å². The van der Waals surface area contributed by atoms with Gasteiger partial charge in [-0.15, -0.1) is 0 Å². The molecule has 0 fully saturated rings. The first-order valence-electron chi connectivity index (χ1n) is 9.68. The molecule has 0 saturated heterocycles. The van der Waals surface area contributed by atoms with Crippen LogP contribution >= 0.6 is 0 Å². The number of nitrogens with zero attached hydrogens (tertiary/aromatic N) is 1. The molecule has 0 aliphatic heterocycles. The van der Waals surface area contributed by atoms with Gasteiger partial charge in [-0.1, -0.05) is 57.2 Å². The van der Waals surface area contributed by atoms with Gasteiger partial charge in [0, 0.05) is 12.1 Å². The van der Waals surface area contributed by atoms with Crippen molar-refractivity contribution in [3.63, 3.8) is 0 Å². The molecule has 2 amide bonds. The first kappa shape index (κ1) is 21.6. The molecule has 150 valence electrons. The molecule has 0 bridgehead atoms. The molecule has 28 heavy (non-hydrogen) atoms. The number of carbonyl (C=O) groups excluding carboxylic acids is 2. The maximum Gasteiger partial charge on any atom is 0.267 e. The van der Waals surface area contributed by atoms with Crippen LogP contribution in [-0.2, 0) is 11.2 Å². The third-order valence-electron chi connectivity index (χ3n) is 4.91. The van der Waals surface area contributed by atoms with E-state index >= 15 is 0 Å². The number of amides is 2. The fourth-order valence-electron chi connectivity index (χ4n) is 3.00. The summed E-state index contributed by atoms with van der Waals surface area (Å²) in [6.07, 6.45) is 0.996. The molecule has 2 aromatic carbocycles. The van der Waals surface area contributed by atoms with Crippen LogP contribution in [-0.4, -0.2) is 47.6 Å². The van der Waals surface area contributed by atoms with E-state index in [9.17, 15) is 9.59 Å². The monoisotopic (exact) mass is 383 g/mol. The Kier molecular flexibility index (Phi) is 8.17. The predicted octanol–water partition coefficient (Wildman–Crippen LogP) is 2.86. The summed E-state index contributed by atoms with van der Waals surface area (Å²) < 4.78 is 0. The lowest BCUT2D eigenvalue weighted by Crippen LogP contribution is -2.52. The molecule has 0 aliphatic rings. The highest BCUT2D eigenvalue weighted by atomic mass is 16.5. The van der Waals surface area contributed by atoms with Crippen LogP contribution in [0.1, 0.15) is 36.7 Å². The standard InChI is InChI=1S/C22H29N3O3/c1-4-16-7-9-17(10-8-16)18-11-13-19(14-12-18)21(26)23-20(22(27)24-28)15-25(5-2)6-3/h7-14,20,28H,4-6,15H2,1-3H3,(H,23,26)(H,24,27)/t20-/m0/s1. The highest BCUT2D eigenvalue weighted by Gasteiger charge is 2.23. The Labute approximate surface area is 166 Å². The van der Waals surface area contributed by atoms with Crippen molar-refractivity contribution in [1.82, 2.24) is 15.7 Å². The molecule has 0 aromatic heterocycles. The Bertz CT molecular complexity index is 769. The lowest BCUT2D eigenvalue weighted by molar-refractivity contribution is -0.131. The number of hydrogen-bond donors (Lipinski definition) is 3. The molecule has 0 heterocycles. The van der Waals surface area contributed by atoms with Crippen LogP contribution in [0.5, 0.6) is 0 Å². The fourth-order valence-corrected chi connectivity index (χ4v) is 3.00. The Morgan fingerprint density at radius 3 is 1.93 bits per heavy atom. The van der Waals surface area contributed by atoms with E-state index in [2.05, 4.69) is 36.5 Å². The summed E-state index contributed by atoms with van der Waals surface area (Å²) >= 11 is 0. The largest absolute Gasteiger partial charge is 0.339 e. The zero-order valence-electron chi connectivity index (χ0n) is 16.7. The number of hydroxylamine groups is 1. The lowest BCUT2D eigenvalue weighted by atomic mass is 10.0. The van der Waals surface area contributed by atoms with Gasteiger partial charge >= 0.3 is 0 Å². The minimum Gasteiger partial charge on any atom is -0.339 e. The van der Waals surface area contributed by atoms with Gasteiger partial charge < -0.3 is 10.2 Å². The molecule has 0 saturated carbocycles. The predicted molar refractivity (Wildman–Crippen MR) is 110 cm³/mol. The second kappa shape index (κ2) is 10.6. The van der Waals surface area contributed by atoms with Crippen LogP contribution in [0.4, 0.5) is 0 Å². The number of rotatable bonds is 9. The average molecular weight is 383 g/mol. The molecule has 6 heteroatoms. The van der Waals surface area contributed by atoms with Crippen molar-refractivity contribution in [2.75, 3.05) is 19.6 Å². The van der Waals surface area contributed by atoms with Crippen molar-refractivity contribution in [2.24, 2.45) is 0 Å². The number of carbonyl (C=O) groups is 2. The van der Waals surface area contributed by atoms with Gasteiger partial charge in [0.15, 0.2) is 0 Å². The maximum atomic E-state index is 12.6. The number of likely N-dealkylation sites (N-methyl/N-ethyl adjacent to an activating group) is 1. The number of aryl methyl sites for hydroxylation is 1. The minimum atomic E-state index is -0.835. The topological polar surface area (TPSA) is 81.7 Å². The van der Waals surface area contributed by atoms with Crippen LogP contribution in [0.25, 0.3) is 11.1 Å². The maximum absolute atomic E-state index is 12.6. The van der Waals surface area contributed by atoms with E-state index in [1.165, 1.54) is 5.56 Å². The van der Waals surface area contributed by atoms with Crippen molar-refractivity contribution in [3.05, 3.63) is 59.7 Å². The second-order valence-electron chi connectivity index (χ2n) is 6.62. The molecule has 0 radical (unpaired) electrons. The summed E-state index contributed by atoms with van der Waals surface area (Å²) in [6.45, 7) is 7.89. The summed E-state index contributed by atoms with van der Waals surface area (Å²) in [4.78, 5) is 26.5. The van der Waals surface area contributed by atoms with Gasteiger partial charge in [0.05, 0.1) is 0 Å². The summed E-state index contributed by atoms with van der Waals surface area (Å²) in [5.74, 6) is -0.985. The van der Waals surface area contributed by atoms with E-state index in [-0.39, 0.29) is 5.91 Å². The Hall–Kier alpha value is -2.70. The van der Waals surface area contributed by atoms with Crippen LogP contribution in [0.3, 0.4) is 0 Å². The summed E-state index contributed by atoms with van der Waals surface area (Å²) in [6, 6.07) is 14.8. The lowest BCUT2D eigenvalue weighted by Gasteiger charge is -2.24. The number of nitrogens with one attached hydrogen (secondary N) is 2. The molecule has 6 nitrogen and oxygen atoms in total. The van der Waals surface area contributed by atoms with Crippen molar-refractivity contribution >= 4 is 11.8 Å². The minimum absolute atomic E-state index is 0.326. The van der Waals surface area contributed by atoms with Crippen LogP contribution in [0.2, 0.25) is 0 Å². The molecule has 0 aliphatic carbocycles. The van der Waals surface area contributed by atoms with Gasteiger partial charge in [-0.05, 0) is 48.3 Å². The highest BCUT2D eigenvalue weighted by Crippen LogP contribution is 2.20. The zero-order chi connectivity index (χ0) is 20.5. The number of hydrogen-bond acceptors (Lipinski definition) is 4. The molecular weight excluding hydrogens is 354 g/mol. The molecule has 3 N–H and O–H groups in total. The summed E-state index contributed by atoms with van der Waals surface area (Å²) in [7, 11) is 0. The average Bonchev–Trinajstić information content (AvgIpc) is 2.76. The van der Waals surface area contributed by atoms with Gasteiger partial charge in [0.1, 0.15) is 6.04 Å². The van der Waals surface area contributed by atoms with Crippen molar-refractivity contribution in [3.8, 4) is 11.1 Å². The van der Waals surface area contributed by atoms with E-state index in [4.69, 9.17) is 5.21 Å². The van der Waals surface area contributed by atoms with Gasteiger partial charge in [-0.25, -0.2) is 5.48 Å². The number of benzene rings is 2. The zero-order valence-corrected chi connectivity index (χ0v) is 16.7. The summed E-state index contributed by atoms with van der Waals surface area (Å²) in [5, 5.41) is 11.7. The van der Waals surface area contributed by atoms with Crippen molar-refractivity contribution < 1.29 is 14.8 Å². The molecule has 0 spiro atoms.